The summed E-state index contributed by atoms with van der Waals surface area (Å²) in [6.07, 6.45) is 0. The molecule has 0 aromatic heterocycles. The molecule has 2 unspecified atom stereocenters. The van der Waals surface area contributed by atoms with Gasteiger partial charge in [-0.05, 0) is 31.2 Å². The Kier molecular flexibility index (Phi) is 4.60. The molecule has 1 aromatic carbocycles. The van der Waals surface area contributed by atoms with Crippen LogP contribution in [0.1, 0.15) is 6.92 Å². The zero-order valence-electron chi connectivity index (χ0n) is 11.2. The summed E-state index contributed by atoms with van der Waals surface area (Å²) >= 11 is 3.43. The quantitative estimate of drug-likeness (QED) is 0.900. The fraction of sp³-hybridized carbons (Fsp3) is 0.500. The van der Waals surface area contributed by atoms with E-state index in [9.17, 15) is 9.90 Å². The van der Waals surface area contributed by atoms with Crippen molar-refractivity contribution in [1.82, 2.24) is 4.90 Å². The highest BCUT2D eigenvalue weighted by molar-refractivity contribution is 9.10. The van der Waals surface area contributed by atoms with Gasteiger partial charge in [0, 0.05) is 23.2 Å². The second-order valence-electron chi connectivity index (χ2n) is 5.17. The number of aliphatic hydroxyl groups is 1. The second kappa shape index (κ2) is 6.03. The largest absolute Gasteiger partial charge is 0.394 e. The number of hydrogen-bond acceptors (Lipinski definition) is 3. The van der Waals surface area contributed by atoms with E-state index < -0.39 is 6.04 Å². The number of carbonyl (C=O) groups excluding carboxylic acids is 1. The maximum absolute atomic E-state index is 12.6. The van der Waals surface area contributed by atoms with E-state index >= 15 is 0 Å². The lowest BCUT2D eigenvalue weighted by atomic mass is 10.1. The van der Waals surface area contributed by atoms with Gasteiger partial charge in [-0.2, -0.15) is 0 Å². The lowest BCUT2D eigenvalue weighted by Gasteiger charge is -2.26. The SMILES string of the molecule is CC1CN(c2cccc(Br)c2)C(=O)C(CO)N(C)C1. The summed E-state index contributed by atoms with van der Waals surface area (Å²) in [4.78, 5) is 16.3. The normalized spacial score (nSPS) is 25.5. The Bertz CT molecular complexity index is 467. The van der Waals surface area contributed by atoms with Crippen LogP contribution in [0.3, 0.4) is 0 Å². The van der Waals surface area contributed by atoms with Gasteiger partial charge in [-0.15, -0.1) is 0 Å². The monoisotopic (exact) mass is 326 g/mol. The third-order valence-electron chi connectivity index (χ3n) is 3.47. The third kappa shape index (κ3) is 3.16. The van der Waals surface area contributed by atoms with E-state index in [-0.39, 0.29) is 12.5 Å². The Hall–Kier alpha value is -0.910. The molecule has 0 bridgehead atoms. The van der Waals surface area contributed by atoms with Crippen molar-refractivity contribution in [3.8, 4) is 0 Å². The molecule has 2 rings (SSSR count). The van der Waals surface area contributed by atoms with Gasteiger partial charge in [0.15, 0.2) is 0 Å². The molecule has 1 fully saturated rings. The van der Waals surface area contributed by atoms with Crippen LogP contribution < -0.4 is 4.90 Å². The lowest BCUT2D eigenvalue weighted by molar-refractivity contribution is -0.123. The predicted molar refractivity (Wildman–Crippen MR) is 79.2 cm³/mol. The van der Waals surface area contributed by atoms with Crippen LogP contribution in [-0.4, -0.2) is 48.7 Å². The average molecular weight is 327 g/mol. The maximum atomic E-state index is 12.6. The van der Waals surface area contributed by atoms with Crippen LogP contribution in [-0.2, 0) is 4.79 Å². The molecule has 5 heteroatoms. The van der Waals surface area contributed by atoms with Gasteiger partial charge in [0.05, 0.1) is 6.61 Å². The van der Waals surface area contributed by atoms with Gasteiger partial charge in [0.2, 0.25) is 5.91 Å². The molecule has 104 valence electrons. The van der Waals surface area contributed by atoms with Gasteiger partial charge in [-0.1, -0.05) is 28.9 Å². The van der Waals surface area contributed by atoms with Crippen molar-refractivity contribution >= 4 is 27.5 Å². The standard InChI is InChI=1S/C14H19BrN2O2/c1-10-7-16(2)13(9-18)14(19)17(8-10)12-5-3-4-11(15)6-12/h3-6,10,13,18H,7-9H2,1-2H3. The van der Waals surface area contributed by atoms with Crippen LogP contribution in [0.25, 0.3) is 0 Å². The van der Waals surface area contributed by atoms with Crippen molar-refractivity contribution in [3.63, 3.8) is 0 Å². The molecule has 2 atom stereocenters. The molecule has 0 aliphatic carbocycles. The molecule has 4 nitrogen and oxygen atoms in total. The Morgan fingerprint density at radius 2 is 2.16 bits per heavy atom. The van der Waals surface area contributed by atoms with Crippen molar-refractivity contribution in [1.29, 1.82) is 0 Å². The molecule has 1 N–H and O–H groups in total. The Labute approximate surface area is 122 Å². The number of hydrogen-bond donors (Lipinski definition) is 1. The zero-order chi connectivity index (χ0) is 14.0. The Balaban J connectivity index is 2.34. The van der Waals surface area contributed by atoms with E-state index in [1.54, 1.807) is 4.90 Å². The molecule has 0 radical (unpaired) electrons. The fourth-order valence-corrected chi connectivity index (χ4v) is 2.93. The van der Waals surface area contributed by atoms with Crippen molar-refractivity contribution in [3.05, 3.63) is 28.7 Å². The molecule has 1 aromatic rings. The minimum absolute atomic E-state index is 0.0348. The van der Waals surface area contributed by atoms with Crippen LogP contribution in [0.2, 0.25) is 0 Å². The molecular weight excluding hydrogens is 308 g/mol. The predicted octanol–water partition coefficient (Wildman–Crippen LogP) is 1.72. The third-order valence-corrected chi connectivity index (χ3v) is 3.96. The number of benzene rings is 1. The number of aliphatic hydroxyl groups excluding tert-OH is 1. The Morgan fingerprint density at radius 1 is 1.42 bits per heavy atom. The van der Waals surface area contributed by atoms with E-state index in [1.807, 2.05) is 36.2 Å². The van der Waals surface area contributed by atoms with Crippen molar-refractivity contribution in [2.24, 2.45) is 5.92 Å². The summed E-state index contributed by atoms with van der Waals surface area (Å²) in [5, 5.41) is 9.46. The topological polar surface area (TPSA) is 43.8 Å². The molecule has 1 saturated heterocycles. The molecule has 1 aliphatic heterocycles. The molecule has 1 heterocycles. The first-order chi connectivity index (χ1) is 9.02. The summed E-state index contributed by atoms with van der Waals surface area (Å²) in [6.45, 7) is 3.46. The first kappa shape index (κ1) is 14.5. The summed E-state index contributed by atoms with van der Waals surface area (Å²) in [6, 6.07) is 7.26. The number of amides is 1. The first-order valence-electron chi connectivity index (χ1n) is 6.41. The fourth-order valence-electron chi connectivity index (χ4n) is 2.54. The van der Waals surface area contributed by atoms with Gasteiger partial charge < -0.3 is 10.0 Å². The van der Waals surface area contributed by atoms with Crippen LogP contribution in [0.5, 0.6) is 0 Å². The van der Waals surface area contributed by atoms with Gasteiger partial charge in [0.1, 0.15) is 6.04 Å². The number of rotatable bonds is 2. The molecule has 1 amide bonds. The van der Waals surface area contributed by atoms with Crippen LogP contribution >= 0.6 is 15.9 Å². The number of halogens is 1. The maximum Gasteiger partial charge on any atom is 0.246 e. The van der Waals surface area contributed by atoms with Gasteiger partial charge in [-0.3, -0.25) is 9.69 Å². The molecule has 1 aliphatic rings. The second-order valence-corrected chi connectivity index (χ2v) is 6.09. The number of nitrogens with zero attached hydrogens (tertiary/aromatic N) is 2. The summed E-state index contributed by atoms with van der Waals surface area (Å²) in [7, 11) is 1.89. The zero-order valence-corrected chi connectivity index (χ0v) is 12.8. The minimum atomic E-state index is -0.455. The minimum Gasteiger partial charge on any atom is -0.394 e. The van der Waals surface area contributed by atoms with Crippen molar-refractivity contribution in [2.75, 3.05) is 31.6 Å². The highest BCUT2D eigenvalue weighted by Crippen LogP contribution is 2.24. The van der Waals surface area contributed by atoms with Crippen LogP contribution in [0.4, 0.5) is 5.69 Å². The van der Waals surface area contributed by atoms with Crippen molar-refractivity contribution < 1.29 is 9.90 Å². The van der Waals surface area contributed by atoms with Gasteiger partial charge in [0.25, 0.3) is 0 Å². The lowest BCUT2D eigenvalue weighted by Crippen LogP contribution is -2.46. The Morgan fingerprint density at radius 3 is 2.79 bits per heavy atom. The smallest absolute Gasteiger partial charge is 0.246 e. The van der Waals surface area contributed by atoms with E-state index in [0.29, 0.717) is 12.5 Å². The van der Waals surface area contributed by atoms with E-state index in [1.165, 1.54) is 0 Å². The molecule has 19 heavy (non-hydrogen) atoms. The number of anilines is 1. The van der Waals surface area contributed by atoms with Gasteiger partial charge in [-0.25, -0.2) is 0 Å². The van der Waals surface area contributed by atoms with Gasteiger partial charge >= 0.3 is 0 Å². The van der Waals surface area contributed by atoms with Crippen LogP contribution in [0.15, 0.2) is 28.7 Å². The molecule has 0 spiro atoms. The first-order valence-corrected chi connectivity index (χ1v) is 7.20. The number of carbonyl (C=O) groups is 1. The van der Waals surface area contributed by atoms with E-state index in [4.69, 9.17) is 0 Å². The average Bonchev–Trinajstić information content (AvgIpc) is 2.46. The number of likely N-dealkylation sites (N-methyl/N-ethyl adjacent to an activating group) is 1. The van der Waals surface area contributed by atoms with E-state index in [2.05, 4.69) is 22.9 Å². The summed E-state index contributed by atoms with van der Waals surface area (Å²) in [5.74, 6) is 0.330. The van der Waals surface area contributed by atoms with Crippen LogP contribution in [0, 0.1) is 5.92 Å². The van der Waals surface area contributed by atoms with E-state index in [0.717, 1.165) is 16.7 Å². The summed E-state index contributed by atoms with van der Waals surface area (Å²) < 4.78 is 0.948. The highest BCUT2D eigenvalue weighted by atomic mass is 79.9. The highest BCUT2D eigenvalue weighted by Gasteiger charge is 2.33. The molecular formula is C14H19BrN2O2. The summed E-state index contributed by atoms with van der Waals surface area (Å²) in [5.41, 5.74) is 0.875. The molecule has 0 saturated carbocycles. The van der Waals surface area contributed by atoms with Crippen molar-refractivity contribution in [2.45, 2.75) is 13.0 Å².